The van der Waals surface area contributed by atoms with Crippen molar-refractivity contribution in [2.24, 2.45) is 0 Å². The molecular formula is C15H21N3OS. The van der Waals surface area contributed by atoms with Crippen LogP contribution in [0.5, 0.6) is 0 Å². The van der Waals surface area contributed by atoms with Gasteiger partial charge in [0.05, 0.1) is 11.4 Å². The number of carbonyl (C=O) groups excluding carboxylic acids is 1. The van der Waals surface area contributed by atoms with Gasteiger partial charge in [0.2, 0.25) is 5.91 Å². The number of anilines is 2. The molecule has 0 aliphatic carbocycles. The van der Waals surface area contributed by atoms with Gasteiger partial charge in [0.1, 0.15) is 0 Å². The van der Waals surface area contributed by atoms with E-state index in [1.54, 1.807) is 0 Å². The highest BCUT2D eigenvalue weighted by molar-refractivity contribution is 7.99. The number of carbonyl (C=O) groups is 1. The van der Waals surface area contributed by atoms with Crippen molar-refractivity contribution in [1.82, 2.24) is 5.32 Å². The summed E-state index contributed by atoms with van der Waals surface area (Å²) in [5, 5.41) is 3.44. The first-order valence-electron chi connectivity index (χ1n) is 7.17. The number of nitrogens with zero attached hydrogens (tertiary/aromatic N) is 2. The molecule has 108 valence electrons. The van der Waals surface area contributed by atoms with Gasteiger partial charge in [-0.2, -0.15) is 11.8 Å². The molecule has 2 aliphatic heterocycles. The van der Waals surface area contributed by atoms with E-state index in [9.17, 15) is 4.79 Å². The molecular weight excluding hydrogens is 270 g/mol. The number of nitrogens with one attached hydrogen (secondary N) is 1. The third-order valence-corrected chi connectivity index (χ3v) is 5.09. The highest BCUT2D eigenvalue weighted by atomic mass is 32.2. The largest absolute Gasteiger partial charge is 0.371 e. The molecule has 5 heteroatoms. The zero-order valence-corrected chi connectivity index (χ0v) is 12.7. The van der Waals surface area contributed by atoms with Gasteiger partial charge in [0.15, 0.2) is 0 Å². The Balaban J connectivity index is 1.73. The molecule has 0 bridgehead atoms. The molecule has 1 aromatic carbocycles. The van der Waals surface area contributed by atoms with Crippen molar-refractivity contribution in [2.75, 3.05) is 48.0 Å². The molecule has 1 fully saturated rings. The lowest BCUT2D eigenvalue weighted by atomic mass is 10.1. The van der Waals surface area contributed by atoms with Crippen molar-refractivity contribution >= 4 is 29.0 Å². The fraction of sp³-hybridized carbons (Fsp3) is 0.533. The van der Waals surface area contributed by atoms with Crippen LogP contribution in [0.1, 0.15) is 6.42 Å². The molecule has 1 amide bonds. The summed E-state index contributed by atoms with van der Waals surface area (Å²) in [6.45, 7) is 2.70. The van der Waals surface area contributed by atoms with Crippen LogP contribution in [-0.2, 0) is 4.79 Å². The first-order chi connectivity index (χ1) is 9.75. The van der Waals surface area contributed by atoms with E-state index < -0.39 is 0 Å². The number of hydrogen-bond acceptors (Lipinski definition) is 4. The minimum absolute atomic E-state index is 0.241. The minimum Gasteiger partial charge on any atom is -0.371 e. The average Bonchev–Trinajstić information content (AvgIpc) is 2.49. The number of thioether (sulfide) groups is 1. The molecule has 3 rings (SSSR count). The van der Waals surface area contributed by atoms with E-state index >= 15 is 0 Å². The first-order valence-corrected chi connectivity index (χ1v) is 8.33. The number of amides is 1. The van der Waals surface area contributed by atoms with Gasteiger partial charge in [0.25, 0.3) is 0 Å². The van der Waals surface area contributed by atoms with Crippen LogP contribution in [0, 0.1) is 0 Å². The molecule has 0 spiro atoms. The summed E-state index contributed by atoms with van der Waals surface area (Å²) in [5.74, 6) is 2.44. The van der Waals surface area contributed by atoms with Gasteiger partial charge < -0.3 is 15.1 Å². The summed E-state index contributed by atoms with van der Waals surface area (Å²) >= 11 is 1.94. The Bertz CT molecular complexity index is 488. The monoisotopic (exact) mass is 291 g/mol. The Morgan fingerprint density at radius 2 is 2.15 bits per heavy atom. The molecule has 1 unspecified atom stereocenters. The van der Waals surface area contributed by atoms with Gasteiger partial charge in [-0.3, -0.25) is 4.79 Å². The summed E-state index contributed by atoms with van der Waals surface area (Å²) in [6, 6.07) is 8.50. The van der Waals surface area contributed by atoms with Crippen LogP contribution >= 0.6 is 11.8 Å². The van der Waals surface area contributed by atoms with E-state index in [0.29, 0.717) is 12.5 Å². The Labute approximate surface area is 124 Å². The van der Waals surface area contributed by atoms with Gasteiger partial charge in [-0.1, -0.05) is 12.1 Å². The number of benzene rings is 1. The topological polar surface area (TPSA) is 35.6 Å². The van der Waals surface area contributed by atoms with Gasteiger partial charge >= 0.3 is 0 Å². The van der Waals surface area contributed by atoms with Crippen molar-refractivity contribution in [2.45, 2.75) is 12.5 Å². The molecule has 2 heterocycles. The molecule has 0 aromatic heterocycles. The number of hydrogen-bond donors (Lipinski definition) is 1. The number of likely N-dealkylation sites (N-methyl/N-ethyl adjacent to an activating group) is 1. The van der Waals surface area contributed by atoms with Crippen molar-refractivity contribution in [3.8, 4) is 0 Å². The van der Waals surface area contributed by atoms with Crippen LogP contribution in [-0.4, -0.2) is 50.1 Å². The van der Waals surface area contributed by atoms with Gasteiger partial charge in [-0.05, 0) is 12.1 Å². The summed E-state index contributed by atoms with van der Waals surface area (Å²) in [5.41, 5.74) is 2.20. The predicted octanol–water partition coefficient (Wildman–Crippen LogP) is 1.56. The zero-order chi connectivity index (χ0) is 13.9. The highest BCUT2D eigenvalue weighted by Gasteiger charge is 2.27. The smallest absolute Gasteiger partial charge is 0.228 e. The Hall–Kier alpha value is -1.20. The molecule has 2 aliphatic rings. The lowest BCUT2D eigenvalue weighted by Gasteiger charge is -2.36. The number of rotatable bonds is 2. The lowest BCUT2D eigenvalue weighted by molar-refractivity contribution is -0.119. The molecule has 0 saturated carbocycles. The fourth-order valence-corrected chi connectivity index (χ4v) is 3.79. The second-order valence-corrected chi connectivity index (χ2v) is 6.54. The fourth-order valence-electron chi connectivity index (χ4n) is 2.84. The Morgan fingerprint density at radius 1 is 1.35 bits per heavy atom. The van der Waals surface area contributed by atoms with Crippen LogP contribution in [0.15, 0.2) is 24.3 Å². The maximum Gasteiger partial charge on any atom is 0.228 e. The summed E-state index contributed by atoms with van der Waals surface area (Å²) in [7, 11) is 2.08. The van der Waals surface area contributed by atoms with Gasteiger partial charge in [-0.15, -0.1) is 0 Å². The molecule has 1 aromatic rings. The molecule has 20 heavy (non-hydrogen) atoms. The number of fused-ring (bicyclic) bond motifs is 1. The predicted molar refractivity (Wildman–Crippen MR) is 85.8 cm³/mol. The minimum atomic E-state index is 0.241. The average molecular weight is 291 g/mol. The maximum atomic E-state index is 12.6. The standard InChI is InChI=1S/C15H21N3OS/c1-17-7-8-18(14-5-3-2-4-13(14)17)15(19)10-12-11-20-9-6-16-12/h2-5,12,16H,6-11H2,1H3. The molecule has 4 nitrogen and oxygen atoms in total. The second-order valence-electron chi connectivity index (χ2n) is 5.39. The van der Waals surface area contributed by atoms with Crippen molar-refractivity contribution in [1.29, 1.82) is 0 Å². The zero-order valence-electron chi connectivity index (χ0n) is 11.8. The second kappa shape index (κ2) is 6.06. The maximum absolute atomic E-state index is 12.6. The van der Waals surface area contributed by atoms with Crippen LogP contribution in [0.4, 0.5) is 11.4 Å². The Morgan fingerprint density at radius 3 is 2.90 bits per heavy atom. The van der Waals surface area contributed by atoms with E-state index in [-0.39, 0.29) is 5.91 Å². The van der Waals surface area contributed by atoms with E-state index in [4.69, 9.17) is 0 Å². The SMILES string of the molecule is CN1CCN(C(=O)CC2CSCCN2)c2ccccc21. The lowest BCUT2D eigenvalue weighted by Crippen LogP contribution is -2.46. The molecule has 0 radical (unpaired) electrons. The van der Waals surface area contributed by atoms with E-state index in [0.717, 1.165) is 42.5 Å². The van der Waals surface area contributed by atoms with Crippen LogP contribution < -0.4 is 15.1 Å². The first kappa shape index (κ1) is 13.8. The highest BCUT2D eigenvalue weighted by Crippen LogP contribution is 2.32. The third-order valence-electron chi connectivity index (χ3n) is 3.96. The summed E-state index contributed by atoms with van der Waals surface area (Å²) in [4.78, 5) is 16.8. The quantitative estimate of drug-likeness (QED) is 0.897. The van der Waals surface area contributed by atoms with Gasteiger partial charge in [-0.25, -0.2) is 0 Å². The van der Waals surface area contributed by atoms with Crippen LogP contribution in [0.25, 0.3) is 0 Å². The number of para-hydroxylation sites is 2. The van der Waals surface area contributed by atoms with Crippen LogP contribution in [0.2, 0.25) is 0 Å². The van der Waals surface area contributed by atoms with Crippen molar-refractivity contribution in [3.63, 3.8) is 0 Å². The molecule has 1 saturated heterocycles. The van der Waals surface area contributed by atoms with E-state index in [1.807, 2.05) is 34.9 Å². The summed E-state index contributed by atoms with van der Waals surface area (Å²) < 4.78 is 0. The summed E-state index contributed by atoms with van der Waals surface area (Å²) in [6.07, 6.45) is 0.602. The van der Waals surface area contributed by atoms with Crippen molar-refractivity contribution < 1.29 is 4.79 Å². The molecule has 1 N–H and O–H groups in total. The van der Waals surface area contributed by atoms with Crippen LogP contribution in [0.3, 0.4) is 0 Å². The van der Waals surface area contributed by atoms with E-state index in [1.165, 1.54) is 0 Å². The van der Waals surface area contributed by atoms with E-state index in [2.05, 4.69) is 23.3 Å². The third kappa shape index (κ3) is 2.79. The molecule has 1 atom stereocenters. The van der Waals surface area contributed by atoms with Crippen molar-refractivity contribution in [3.05, 3.63) is 24.3 Å². The Kier molecular flexibility index (Phi) is 4.17. The normalized spacial score (nSPS) is 22.6. The van der Waals surface area contributed by atoms with Gasteiger partial charge in [0, 0.05) is 50.7 Å².